The van der Waals surface area contributed by atoms with Crippen molar-refractivity contribution in [2.75, 3.05) is 7.11 Å². The SMILES string of the molecule is COc1cc(C2CC(=O)C3=C(C2)NC(=O)CC3c2ccc(C)cc2)ccc1OC(C)C. The van der Waals surface area contributed by atoms with Crippen molar-refractivity contribution in [3.8, 4) is 11.5 Å². The molecule has 2 atom stereocenters. The van der Waals surface area contributed by atoms with Gasteiger partial charge < -0.3 is 14.8 Å². The first-order valence-electron chi connectivity index (χ1n) is 10.8. The molecule has 2 aliphatic rings. The number of nitrogens with one attached hydrogen (secondary N) is 1. The molecular weight excluding hydrogens is 390 g/mol. The highest BCUT2D eigenvalue weighted by molar-refractivity contribution is 6.02. The number of carbonyl (C=O) groups excluding carboxylic acids is 2. The van der Waals surface area contributed by atoms with Crippen LogP contribution in [-0.2, 0) is 9.59 Å². The third kappa shape index (κ3) is 4.36. The number of amides is 1. The third-order valence-electron chi connectivity index (χ3n) is 6.04. The number of ether oxygens (including phenoxy) is 2. The highest BCUT2D eigenvalue weighted by Gasteiger charge is 2.38. The van der Waals surface area contributed by atoms with Gasteiger partial charge in [0.15, 0.2) is 17.3 Å². The van der Waals surface area contributed by atoms with Crippen LogP contribution in [0.1, 0.15) is 61.6 Å². The van der Waals surface area contributed by atoms with E-state index in [1.807, 2.05) is 63.2 Å². The summed E-state index contributed by atoms with van der Waals surface area (Å²) < 4.78 is 11.3. The fourth-order valence-electron chi connectivity index (χ4n) is 4.57. The van der Waals surface area contributed by atoms with E-state index < -0.39 is 0 Å². The van der Waals surface area contributed by atoms with Crippen LogP contribution in [0.3, 0.4) is 0 Å². The van der Waals surface area contributed by atoms with Gasteiger partial charge in [-0.2, -0.15) is 0 Å². The summed E-state index contributed by atoms with van der Waals surface area (Å²) in [7, 11) is 1.62. The number of Topliss-reactive ketones (excluding diaryl/α,β-unsaturated/α-hetero) is 1. The molecule has 1 aliphatic heterocycles. The number of methoxy groups -OCH3 is 1. The molecule has 1 heterocycles. The van der Waals surface area contributed by atoms with Gasteiger partial charge in [-0.1, -0.05) is 35.9 Å². The Morgan fingerprint density at radius 2 is 1.65 bits per heavy atom. The summed E-state index contributed by atoms with van der Waals surface area (Å²) in [6.45, 7) is 5.97. The lowest BCUT2D eigenvalue weighted by Crippen LogP contribution is -2.38. The zero-order valence-electron chi connectivity index (χ0n) is 18.5. The Morgan fingerprint density at radius 3 is 2.32 bits per heavy atom. The molecule has 2 unspecified atom stereocenters. The normalized spacial score (nSPS) is 21.1. The van der Waals surface area contributed by atoms with E-state index in [-0.39, 0.29) is 29.6 Å². The fraction of sp³-hybridized carbons (Fsp3) is 0.385. The lowest BCUT2D eigenvalue weighted by atomic mass is 9.73. The van der Waals surface area contributed by atoms with Gasteiger partial charge in [0.1, 0.15) is 0 Å². The van der Waals surface area contributed by atoms with Crippen LogP contribution in [0.25, 0.3) is 0 Å². The number of hydrogen-bond acceptors (Lipinski definition) is 4. The minimum atomic E-state index is -0.172. The summed E-state index contributed by atoms with van der Waals surface area (Å²) >= 11 is 0. The summed E-state index contributed by atoms with van der Waals surface area (Å²) in [4.78, 5) is 25.7. The second kappa shape index (κ2) is 8.58. The molecule has 5 heteroatoms. The van der Waals surface area contributed by atoms with E-state index in [0.717, 1.165) is 28.0 Å². The van der Waals surface area contributed by atoms with Crippen molar-refractivity contribution in [2.24, 2.45) is 0 Å². The Kier molecular flexibility index (Phi) is 5.86. The summed E-state index contributed by atoms with van der Waals surface area (Å²) in [5, 5.41) is 2.99. The Morgan fingerprint density at radius 1 is 0.935 bits per heavy atom. The van der Waals surface area contributed by atoms with E-state index in [4.69, 9.17) is 9.47 Å². The number of benzene rings is 2. The van der Waals surface area contributed by atoms with E-state index >= 15 is 0 Å². The predicted molar refractivity (Wildman–Crippen MR) is 119 cm³/mol. The van der Waals surface area contributed by atoms with E-state index in [1.54, 1.807) is 7.11 Å². The van der Waals surface area contributed by atoms with Crippen molar-refractivity contribution in [3.63, 3.8) is 0 Å². The summed E-state index contributed by atoms with van der Waals surface area (Å²) in [6, 6.07) is 14.0. The van der Waals surface area contributed by atoms with Gasteiger partial charge in [0, 0.05) is 30.0 Å². The molecule has 0 radical (unpaired) electrons. The van der Waals surface area contributed by atoms with E-state index in [0.29, 0.717) is 30.8 Å². The average Bonchev–Trinajstić information content (AvgIpc) is 2.73. The molecular formula is C26H29NO4. The summed E-state index contributed by atoms with van der Waals surface area (Å²) in [6.07, 6.45) is 1.40. The van der Waals surface area contributed by atoms with E-state index in [1.165, 1.54) is 0 Å². The zero-order chi connectivity index (χ0) is 22.1. The summed E-state index contributed by atoms with van der Waals surface area (Å²) in [5.41, 5.74) is 4.74. The number of allylic oxidation sites excluding steroid dienone is 2. The van der Waals surface area contributed by atoms with Crippen LogP contribution in [0, 0.1) is 6.92 Å². The van der Waals surface area contributed by atoms with Crippen LogP contribution in [0.15, 0.2) is 53.7 Å². The van der Waals surface area contributed by atoms with Gasteiger partial charge in [-0.3, -0.25) is 9.59 Å². The Balaban J connectivity index is 1.65. The number of rotatable bonds is 5. The Labute approximate surface area is 183 Å². The molecule has 2 aromatic rings. The van der Waals surface area contributed by atoms with Gasteiger partial charge in [-0.25, -0.2) is 0 Å². The van der Waals surface area contributed by atoms with Crippen molar-refractivity contribution in [1.29, 1.82) is 0 Å². The second-order valence-electron chi connectivity index (χ2n) is 8.71. The van der Waals surface area contributed by atoms with Gasteiger partial charge in [0.25, 0.3) is 0 Å². The largest absolute Gasteiger partial charge is 0.493 e. The highest BCUT2D eigenvalue weighted by atomic mass is 16.5. The van der Waals surface area contributed by atoms with Crippen molar-refractivity contribution >= 4 is 11.7 Å². The fourth-order valence-corrected chi connectivity index (χ4v) is 4.57. The Hall–Kier alpha value is -3.08. The minimum Gasteiger partial charge on any atom is -0.493 e. The second-order valence-corrected chi connectivity index (χ2v) is 8.71. The van der Waals surface area contributed by atoms with Crippen molar-refractivity contribution in [1.82, 2.24) is 5.32 Å². The first-order valence-corrected chi connectivity index (χ1v) is 10.8. The van der Waals surface area contributed by atoms with Crippen molar-refractivity contribution < 1.29 is 19.1 Å². The van der Waals surface area contributed by atoms with Gasteiger partial charge in [0.05, 0.1) is 13.2 Å². The van der Waals surface area contributed by atoms with Crippen molar-refractivity contribution in [2.45, 2.75) is 58.0 Å². The quantitative estimate of drug-likeness (QED) is 0.756. The van der Waals surface area contributed by atoms with Crippen molar-refractivity contribution in [3.05, 3.63) is 70.4 Å². The molecule has 0 fully saturated rings. The Bertz CT molecular complexity index is 1040. The molecule has 5 nitrogen and oxygen atoms in total. The predicted octanol–water partition coefficient (Wildman–Crippen LogP) is 4.80. The maximum absolute atomic E-state index is 13.3. The van der Waals surface area contributed by atoms with Crippen LogP contribution in [-0.4, -0.2) is 24.9 Å². The maximum atomic E-state index is 13.3. The molecule has 0 bridgehead atoms. The molecule has 0 saturated heterocycles. The van der Waals surface area contributed by atoms with Gasteiger partial charge in [0.2, 0.25) is 5.91 Å². The molecule has 1 amide bonds. The lowest BCUT2D eigenvalue weighted by molar-refractivity contribution is -0.122. The number of ketones is 1. The maximum Gasteiger partial charge on any atom is 0.225 e. The van der Waals surface area contributed by atoms with Gasteiger partial charge in [-0.05, 0) is 56.4 Å². The standard InChI is InChI=1S/C26H29NO4/c1-15(2)31-23-10-9-18(13-24(23)30-4)19-11-21-26(22(28)12-19)20(14-25(29)27-21)17-7-5-16(3)6-8-17/h5-10,13,15,19-20H,11-12,14H2,1-4H3,(H,27,29). The van der Waals surface area contributed by atoms with Crippen LogP contribution in [0.4, 0.5) is 0 Å². The minimum absolute atomic E-state index is 0.00896. The lowest BCUT2D eigenvalue weighted by Gasteiger charge is -2.34. The molecule has 162 valence electrons. The van der Waals surface area contributed by atoms with Gasteiger partial charge >= 0.3 is 0 Å². The molecule has 1 aliphatic carbocycles. The molecule has 0 saturated carbocycles. The molecule has 0 spiro atoms. The molecule has 0 aromatic heterocycles. The number of carbonyl (C=O) groups is 2. The topological polar surface area (TPSA) is 64.6 Å². The van der Waals surface area contributed by atoms with Crippen LogP contribution in [0.2, 0.25) is 0 Å². The monoisotopic (exact) mass is 419 g/mol. The molecule has 4 rings (SSSR count). The average molecular weight is 420 g/mol. The first-order chi connectivity index (χ1) is 14.9. The number of hydrogen-bond donors (Lipinski definition) is 1. The van der Waals surface area contributed by atoms with E-state index in [2.05, 4.69) is 5.32 Å². The molecule has 1 N–H and O–H groups in total. The van der Waals surface area contributed by atoms with Gasteiger partial charge in [-0.15, -0.1) is 0 Å². The zero-order valence-corrected chi connectivity index (χ0v) is 18.5. The van der Waals surface area contributed by atoms with Crippen LogP contribution >= 0.6 is 0 Å². The number of aryl methyl sites for hydroxylation is 1. The summed E-state index contributed by atoms with van der Waals surface area (Å²) in [5.74, 6) is 1.24. The third-order valence-corrected chi connectivity index (χ3v) is 6.04. The first kappa shape index (κ1) is 21.2. The van der Waals surface area contributed by atoms with E-state index in [9.17, 15) is 9.59 Å². The molecule has 2 aromatic carbocycles. The smallest absolute Gasteiger partial charge is 0.225 e. The van der Waals surface area contributed by atoms with Crippen LogP contribution < -0.4 is 14.8 Å². The van der Waals surface area contributed by atoms with Crippen LogP contribution in [0.5, 0.6) is 11.5 Å². The highest BCUT2D eigenvalue weighted by Crippen LogP contribution is 2.43. The molecule has 31 heavy (non-hydrogen) atoms.